The maximum absolute atomic E-state index is 13.6. The highest BCUT2D eigenvalue weighted by molar-refractivity contribution is 5.82. The summed E-state index contributed by atoms with van der Waals surface area (Å²) in [6.45, 7) is -1.92. The van der Waals surface area contributed by atoms with E-state index in [1.54, 1.807) is 91.0 Å². The van der Waals surface area contributed by atoms with Crippen molar-refractivity contribution in [1.29, 1.82) is 0 Å². The predicted octanol–water partition coefficient (Wildman–Crippen LogP) is -0.806. The highest BCUT2D eigenvalue weighted by atomic mass is 19.4. The summed E-state index contributed by atoms with van der Waals surface area (Å²) in [5.74, 6) is -3.85. The van der Waals surface area contributed by atoms with Gasteiger partial charge < -0.3 is 96.1 Å². The number of carbonyl (C=O) groups excluding carboxylic acids is 5. The molecule has 24 nitrogen and oxygen atoms in total. The number of alkyl halides is 3. The number of halogens is 3. The third-order valence-corrected chi connectivity index (χ3v) is 12.4. The monoisotopic (exact) mass is 1070 g/mol. The average molecular weight is 1070 g/mol. The Labute approximate surface area is 426 Å². The van der Waals surface area contributed by atoms with Crippen LogP contribution in [0.1, 0.15) is 36.0 Å². The van der Waals surface area contributed by atoms with Crippen molar-refractivity contribution in [3.05, 3.63) is 108 Å². The standard InChI is InChI=1S/C48H61F3N6O18/c49-48(50,51)44(65)57-33-35(60)31(21-58)73-43(37(33)62)75-40-34(56-41(64)30(59)18-19-53-45(66)69-22-25-10-4-1-5-11-25)36(61)32(52)39(38(40)63)74-42-29(55-47(68)71-24-27-14-8-3-9-15-27)17-16-28(72-42)20-54-46(67)70-23-26-12-6-2-7-13-26/h1-15,28-40,42-43,58-63H,16-24,52H2,(H,53,66)(H,54,67)(H,55,68)(H,56,64)(H,57,65)/t28?,29?,30-,31?,32-,33-,34+,35-,36?,37?,38?,39?,40+,42-,43-/m0/s1. The number of rotatable bonds is 20. The van der Waals surface area contributed by atoms with Crippen LogP contribution in [0.4, 0.5) is 27.6 Å². The number of benzene rings is 3. The van der Waals surface area contributed by atoms with Gasteiger partial charge in [-0.05, 0) is 36.0 Å². The Bertz CT molecular complexity index is 2300. The van der Waals surface area contributed by atoms with Crippen LogP contribution >= 0.6 is 0 Å². The van der Waals surface area contributed by atoms with Crippen LogP contribution in [0.5, 0.6) is 0 Å². The van der Waals surface area contributed by atoms with Crippen LogP contribution in [-0.2, 0) is 62.6 Å². The van der Waals surface area contributed by atoms with Gasteiger partial charge in [-0.15, -0.1) is 0 Å². The summed E-state index contributed by atoms with van der Waals surface area (Å²) in [4.78, 5) is 63.8. The quantitative estimate of drug-likeness (QED) is 0.0616. The van der Waals surface area contributed by atoms with Gasteiger partial charge in [0.25, 0.3) is 0 Å². The molecule has 15 atom stereocenters. The van der Waals surface area contributed by atoms with Gasteiger partial charge in [0, 0.05) is 13.1 Å². The van der Waals surface area contributed by atoms with Crippen LogP contribution in [0, 0.1) is 0 Å². The SMILES string of the molecule is N[C@@H]1C(O[C@@H]2OC(CNC(=O)OCc3ccccc3)CCC2NC(=O)OCc2ccccc2)C(O)[C@H](O[C@@H]2OC(CO)[C@H](O)[C@H](NC(=O)C(F)(F)F)C2O)[C@H](NC(=O)[C@@H](O)CCNC(=O)OCc2ccccc2)C1O. The normalized spacial score (nSPS) is 29.1. The molecule has 1 saturated carbocycles. The topological polar surface area (TPSA) is 358 Å². The molecule has 2 heterocycles. The van der Waals surface area contributed by atoms with Crippen molar-refractivity contribution in [3.8, 4) is 0 Å². The van der Waals surface area contributed by atoms with E-state index in [9.17, 15) is 67.8 Å². The molecule has 0 spiro atoms. The average Bonchev–Trinajstić information content (AvgIpc) is 3.40. The third kappa shape index (κ3) is 16.6. The van der Waals surface area contributed by atoms with Crippen LogP contribution in [-0.4, -0.2) is 178 Å². The van der Waals surface area contributed by atoms with E-state index in [2.05, 4.69) is 21.3 Å². The van der Waals surface area contributed by atoms with Gasteiger partial charge in [0.1, 0.15) is 62.5 Å². The van der Waals surface area contributed by atoms with Gasteiger partial charge in [0.15, 0.2) is 12.6 Å². The van der Waals surface area contributed by atoms with Gasteiger partial charge in [0.05, 0.1) is 43.0 Å². The molecule has 3 aromatic carbocycles. The number of hydrogen-bond donors (Lipinski definition) is 12. The molecule has 412 valence electrons. The Morgan fingerprint density at radius 1 is 0.640 bits per heavy atom. The maximum atomic E-state index is 13.6. The zero-order valence-electron chi connectivity index (χ0n) is 40.0. The van der Waals surface area contributed by atoms with Crippen LogP contribution in [0.25, 0.3) is 0 Å². The van der Waals surface area contributed by atoms with Crippen molar-refractivity contribution in [2.24, 2.45) is 5.73 Å². The number of aliphatic hydroxyl groups is 6. The molecule has 0 aromatic heterocycles. The minimum absolute atomic E-state index is 0.0549. The van der Waals surface area contributed by atoms with E-state index in [0.717, 1.165) is 0 Å². The summed E-state index contributed by atoms with van der Waals surface area (Å²) in [7, 11) is 0. The Morgan fingerprint density at radius 2 is 1.17 bits per heavy atom. The van der Waals surface area contributed by atoms with Gasteiger partial charge in [-0.1, -0.05) is 91.0 Å². The van der Waals surface area contributed by atoms with Crippen molar-refractivity contribution in [2.75, 3.05) is 19.7 Å². The molecule has 3 aromatic rings. The molecule has 0 radical (unpaired) electrons. The molecule has 3 aliphatic rings. The molecule has 1 aliphatic carbocycles. The van der Waals surface area contributed by atoms with Crippen molar-refractivity contribution in [2.45, 2.75) is 137 Å². The Kier molecular flexibility index (Phi) is 21.3. The lowest BCUT2D eigenvalue weighted by Gasteiger charge is -2.50. The molecule has 5 amide bonds. The van der Waals surface area contributed by atoms with E-state index in [1.165, 1.54) is 5.32 Å². The number of amides is 5. The molecule has 13 N–H and O–H groups in total. The van der Waals surface area contributed by atoms with E-state index in [1.807, 2.05) is 0 Å². The lowest BCUT2D eigenvalue weighted by molar-refractivity contribution is -0.321. The molecule has 2 saturated heterocycles. The van der Waals surface area contributed by atoms with Gasteiger partial charge in [-0.3, -0.25) is 9.59 Å². The fourth-order valence-corrected chi connectivity index (χ4v) is 8.31. The van der Waals surface area contributed by atoms with Gasteiger partial charge >= 0.3 is 30.4 Å². The molecule has 7 unspecified atom stereocenters. The Morgan fingerprint density at radius 3 is 1.72 bits per heavy atom. The lowest BCUT2D eigenvalue weighted by Crippen LogP contribution is -2.74. The molecular formula is C48H61F3N6O18. The first-order valence-electron chi connectivity index (χ1n) is 23.8. The smallest absolute Gasteiger partial charge is 0.445 e. The molecule has 27 heteroatoms. The number of hydrogen-bond acceptors (Lipinski definition) is 19. The van der Waals surface area contributed by atoms with E-state index in [-0.39, 0.29) is 45.8 Å². The zero-order chi connectivity index (χ0) is 54.2. The van der Waals surface area contributed by atoms with E-state index < -0.39 is 141 Å². The van der Waals surface area contributed by atoms with Gasteiger partial charge in [-0.25, -0.2) is 14.4 Å². The fourth-order valence-electron chi connectivity index (χ4n) is 8.31. The van der Waals surface area contributed by atoms with Gasteiger partial charge in [0.2, 0.25) is 5.91 Å². The van der Waals surface area contributed by atoms with Crippen LogP contribution in [0.15, 0.2) is 91.0 Å². The summed E-state index contributed by atoms with van der Waals surface area (Å²) < 4.78 is 79.9. The molecule has 0 bridgehead atoms. The summed E-state index contributed by atoms with van der Waals surface area (Å²) in [5.41, 5.74) is 8.56. The fraction of sp³-hybridized carbons (Fsp3) is 0.521. The van der Waals surface area contributed by atoms with Crippen LogP contribution in [0.2, 0.25) is 0 Å². The first-order valence-corrected chi connectivity index (χ1v) is 23.8. The van der Waals surface area contributed by atoms with Crippen molar-refractivity contribution in [3.63, 3.8) is 0 Å². The number of nitrogens with one attached hydrogen (secondary N) is 5. The lowest BCUT2D eigenvalue weighted by atomic mass is 9.81. The highest BCUT2D eigenvalue weighted by Gasteiger charge is 2.56. The van der Waals surface area contributed by atoms with Crippen LogP contribution in [0.3, 0.4) is 0 Å². The Hall–Kier alpha value is -6.24. The van der Waals surface area contributed by atoms with E-state index >= 15 is 0 Å². The second-order valence-electron chi connectivity index (χ2n) is 17.7. The minimum atomic E-state index is -5.52. The second kappa shape index (κ2) is 27.5. The minimum Gasteiger partial charge on any atom is -0.445 e. The summed E-state index contributed by atoms with van der Waals surface area (Å²) in [6, 6.07) is 19.1. The maximum Gasteiger partial charge on any atom is 0.471 e. The first-order chi connectivity index (χ1) is 35.8. The zero-order valence-corrected chi connectivity index (χ0v) is 40.0. The van der Waals surface area contributed by atoms with Gasteiger partial charge in [-0.2, -0.15) is 13.2 Å². The summed E-state index contributed by atoms with van der Waals surface area (Å²) in [6.07, 6.45) is -29.7. The number of carbonyl (C=O) groups is 5. The van der Waals surface area contributed by atoms with E-state index in [4.69, 9.17) is 38.9 Å². The number of alkyl carbamates (subject to hydrolysis) is 3. The summed E-state index contributed by atoms with van der Waals surface area (Å²) >= 11 is 0. The molecular weight excluding hydrogens is 1010 g/mol. The molecule has 2 aliphatic heterocycles. The molecule has 3 fully saturated rings. The van der Waals surface area contributed by atoms with E-state index in [0.29, 0.717) is 16.7 Å². The Balaban J connectivity index is 1.21. The summed E-state index contributed by atoms with van der Waals surface area (Å²) in [5, 5.41) is 78.2. The van der Waals surface area contributed by atoms with Crippen molar-refractivity contribution >= 4 is 30.1 Å². The molecule has 75 heavy (non-hydrogen) atoms. The number of aliphatic hydroxyl groups excluding tert-OH is 6. The number of nitrogens with two attached hydrogens (primary N) is 1. The van der Waals surface area contributed by atoms with Crippen molar-refractivity contribution < 1.29 is 101 Å². The molecule has 6 rings (SSSR count). The second-order valence-corrected chi connectivity index (χ2v) is 17.7. The largest absolute Gasteiger partial charge is 0.471 e. The van der Waals surface area contributed by atoms with Crippen LogP contribution < -0.4 is 32.3 Å². The third-order valence-electron chi connectivity index (χ3n) is 12.4. The predicted molar refractivity (Wildman–Crippen MR) is 249 cm³/mol. The van der Waals surface area contributed by atoms with Crippen molar-refractivity contribution in [1.82, 2.24) is 26.6 Å². The number of ether oxygens (including phenoxy) is 7. The first kappa shape index (κ1) is 58.0. The highest BCUT2D eigenvalue weighted by Crippen LogP contribution is 2.33.